The van der Waals surface area contributed by atoms with E-state index >= 15 is 0 Å². The van der Waals surface area contributed by atoms with Gasteiger partial charge in [0, 0.05) is 43.4 Å². The van der Waals surface area contributed by atoms with Gasteiger partial charge in [-0.25, -0.2) is 9.67 Å². The number of aryl methyl sites for hydroxylation is 1. The van der Waals surface area contributed by atoms with Gasteiger partial charge >= 0.3 is 0 Å². The van der Waals surface area contributed by atoms with Gasteiger partial charge < -0.3 is 9.47 Å². The Labute approximate surface area is 182 Å². The molecule has 0 radical (unpaired) electrons. The molecule has 3 aromatic rings. The molecule has 0 aliphatic carbocycles. The first-order valence-corrected chi connectivity index (χ1v) is 10.5. The molecule has 8 nitrogen and oxygen atoms in total. The molecule has 0 spiro atoms. The summed E-state index contributed by atoms with van der Waals surface area (Å²) in [6.45, 7) is 5.34. The van der Waals surface area contributed by atoms with Gasteiger partial charge in [-0.2, -0.15) is 10.2 Å². The fourth-order valence-electron chi connectivity index (χ4n) is 3.96. The highest BCUT2D eigenvalue weighted by Gasteiger charge is 2.23. The Kier molecular flexibility index (Phi) is 6.31. The normalized spacial score (nSPS) is 14.9. The third-order valence-corrected chi connectivity index (χ3v) is 5.36. The second-order valence-corrected chi connectivity index (χ2v) is 7.85. The van der Waals surface area contributed by atoms with Crippen molar-refractivity contribution >= 4 is 0 Å². The summed E-state index contributed by atoms with van der Waals surface area (Å²) in [7, 11) is 5.37. The van der Waals surface area contributed by atoms with Crippen LogP contribution in [-0.2, 0) is 22.4 Å². The van der Waals surface area contributed by atoms with Crippen molar-refractivity contribution in [2.45, 2.75) is 32.8 Å². The smallest absolute Gasteiger partial charge is 0.216 e. The molecule has 3 aromatic heterocycles. The van der Waals surface area contributed by atoms with Crippen LogP contribution in [0.4, 0.5) is 0 Å². The van der Waals surface area contributed by atoms with Gasteiger partial charge in [0.1, 0.15) is 6.10 Å². The maximum absolute atomic E-state index is 5.77. The van der Waals surface area contributed by atoms with E-state index in [-0.39, 0.29) is 6.10 Å². The van der Waals surface area contributed by atoms with Crippen LogP contribution in [0.25, 0.3) is 16.9 Å². The van der Waals surface area contributed by atoms with E-state index in [1.165, 1.54) is 5.56 Å². The minimum absolute atomic E-state index is 0.160. The Hall–Kier alpha value is -2.81. The predicted molar refractivity (Wildman–Crippen MR) is 117 cm³/mol. The van der Waals surface area contributed by atoms with E-state index in [9.17, 15) is 0 Å². The van der Waals surface area contributed by atoms with Crippen molar-refractivity contribution in [2.24, 2.45) is 0 Å². The molecule has 31 heavy (non-hydrogen) atoms. The molecule has 1 atom stereocenters. The van der Waals surface area contributed by atoms with E-state index in [0.29, 0.717) is 19.1 Å². The fourth-order valence-corrected chi connectivity index (χ4v) is 3.96. The lowest BCUT2D eigenvalue weighted by molar-refractivity contribution is -0.161. The second kappa shape index (κ2) is 9.13. The largest absolute Gasteiger partial charge is 0.481 e. The highest BCUT2D eigenvalue weighted by Crippen LogP contribution is 2.31. The molecule has 1 unspecified atom stereocenters. The molecule has 0 N–H and O–H groups in total. The Bertz CT molecular complexity index is 1060. The van der Waals surface area contributed by atoms with Crippen molar-refractivity contribution in [3.8, 4) is 22.8 Å². The highest BCUT2D eigenvalue weighted by atomic mass is 16.7. The number of methoxy groups -OCH3 is 1. The zero-order valence-corrected chi connectivity index (χ0v) is 18.8. The number of hydroxylamine groups is 2. The van der Waals surface area contributed by atoms with E-state index in [1.807, 2.05) is 44.9 Å². The number of hydrogen-bond donors (Lipinski definition) is 0. The van der Waals surface area contributed by atoms with Gasteiger partial charge in [-0.05, 0) is 38.5 Å². The van der Waals surface area contributed by atoms with Gasteiger partial charge in [-0.15, -0.1) is 0 Å². The first-order valence-electron chi connectivity index (χ1n) is 10.5. The number of hydrogen-bond acceptors (Lipinski definition) is 7. The third-order valence-electron chi connectivity index (χ3n) is 5.36. The molecule has 0 amide bonds. The van der Waals surface area contributed by atoms with Crippen LogP contribution in [0.5, 0.6) is 5.88 Å². The number of fused-ring (bicyclic) bond motifs is 1. The monoisotopic (exact) mass is 423 g/mol. The summed E-state index contributed by atoms with van der Waals surface area (Å²) in [5.41, 5.74) is 7.10. The van der Waals surface area contributed by atoms with Gasteiger partial charge in [-0.3, -0.25) is 9.82 Å². The quantitative estimate of drug-likeness (QED) is 0.563. The van der Waals surface area contributed by atoms with E-state index in [1.54, 1.807) is 18.4 Å². The standard InChI is InChI=1S/C23H29N5O3/c1-15-12-18(14-25-23(15)29-5)28-21-8-11-30-10-7-19(21)22(26-28)17-6-9-24-20(13-17)16(2)31-27(3)4/h6,9,12-14,16H,7-8,10-11H2,1-5H3. The Balaban J connectivity index is 1.80. The number of pyridine rings is 2. The van der Waals surface area contributed by atoms with Crippen LogP contribution in [-0.4, -0.2) is 59.2 Å². The van der Waals surface area contributed by atoms with Crippen LogP contribution in [0.1, 0.15) is 35.5 Å². The van der Waals surface area contributed by atoms with E-state index in [0.717, 1.165) is 46.7 Å². The molecule has 0 bridgehead atoms. The molecule has 0 aromatic carbocycles. The van der Waals surface area contributed by atoms with Crippen molar-refractivity contribution in [3.05, 3.63) is 53.1 Å². The second-order valence-electron chi connectivity index (χ2n) is 7.85. The summed E-state index contributed by atoms with van der Waals surface area (Å²) in [5, 5.41) is 6.72. The zero-order chi connectivity index (χ0) is 22.0. The Morgan fingerprint density at radius 3 is 2.71 bits per heavy atom. The van der Waals surface area contributed by atoms with Crippen molar-refractivity contribution < 1.29 is 14.3 Å². The maximum Gasteiger partial charge on any atom is 0.216 e. The van der Waals surface area contributed by atoms with E-state index in [2.05, 4.69) is 22.1 Å². The molecule has 8 heteroatoms. The molecular weight excluding hydrogens is 394 g/mol. The predicted octanol–water partition coefficient (Wildman–Crippen LogP) is 3.32. The van der Waals surface area contributed by atoms with Crippen molar-refractivity contribution in [1.82, 2.24) is 24.8 Å². The van der Waals surface area contributed by atoms with Crippen molar-refractivity contribution in [2.75, 3.05) is 34.4 Å². The molecule has 1 aliphatic rings. The van der Waals surface area contributed by atoms with Crippen LogP contribution in [0.2, 0.25) is 0 Å². The summed E-state index contributed by atoms with van der Waals surface area (Å²) >= 11 is 0. The Morgan fingerprint density at radius 1 is 1.16 bits per heavy atom. The zero-order valence-electron chi connectivity index (χ0n) is 18.8. The third kappa shape index (κ3) is 4.46. The van der Waals surface area contributed by atoms with Crippen LogP contribution in [0, 0.1) is 6.92 Å². The average Bonchev–Trinajstić information content (AvgIpc) is 2.94. The molecular formula is C23H29N5O3. The van der Waals surface area contributed by atoms with Gasteiger partial charge in [-0.1, -0.05) is 0 Å². The minimum atomic E-state index is -0.160. The number of ether oxygens (including phenoxy) is 2. The van der Waals surface area contributed by atoms with Gasteiger partial charge in [0.05, 0.1) is 49.3 Å². The SMILES string of the molecule is COc1ncc(-n2nc(-c3ccnc(C(C)ON(C)C)c3)c3c2CCOCC3)cc1C. The van der Waals surface area contributed by atoms with Gasteiger partial charge in [0.15, 0.2) is 0 Å². The first-order chi connectivity index (χ1) is 15.0. The average molecular weight is 424 g/mol. The fraction of sp³-hybridized carbons (Fsp3) is 0.435. The van der Waals surface area contributed by atoms with Crippen LogP contribution in [0.3, 0.4) is 0 Å². The molecule has 1 aliphatic heterocycles. The topological polar surface area (TPSA) is 74.5 Å². The number of rotatable bonds is 6. The molecule has 164 valence electrons. The molecule has 0 saturated heterocycles. The lowest BCUT2D eigenvalue weighted by Crippen LogP contribution is -2.16. The molecule has 4 heterocycles. The van der Waals surface area contributed by atoms with Gasteiger partial charge in [0.25, 0.3) is 0 Å². The Morgan fingerprint density at radius 2 is 1.97 bits per heavy atom. The van der Waals surface area contributed by atoms with Crippen LogP contribution in [0.15, 0.2) is 30.6 Å². The maximum atomic E-state index is 5.77. The lowest BCUT2D eigenvalue weighted by atomic mass is 10.0. The summed E-state index contributed by atoms with van der Waals surface area (Å²) in [6, 6.07) is 6.12. The summed E-state index contributed by atoms with van der Waals surface area (Å²) in [5.74, 6) is 0.624. The van der Waals surface area contributed by atoms with Gasteiger partial charge in [0.2, 0.25) is 5.88 Å². The molecule has 0 saturated carbocycles. The van der Waals surface area contributed by atoms with Crippen LogP contribution < -0.4 is 4.74 Å². The minimum Gasteiger partial charge on any atom is -0.481 e. The van der Waals surface area contributed by atoms with Crippen LogP contribution >= 0.6 is 0 Å². The number of aromatic nitrogens is 4. The summed E-state index contributed by atoms with van der Waals surface area (Å²) < 4.78 is 13.1. The van der Waals surface area contributed by atoms with Crippen molar-refractivity contribution in [1.29, 1.82) is 0 Å². The highest BCUT2D eigenvalue weighted by molar-refractivity contribution is 5.65. The summed E-state index contributed by atoms with van der Waals surface area (Å²) in [4.78, 5) is 14.7. The van der Waals surface area contributed by atoms with E-state index in [4.69, 9.17) is 19.4 Å². The van der Waals surface area contributed by atoms with Crippen molar-refractivity contribution in [3.63, 3.8) is 0 Å². The molecule has 0 fully saturated rings. The first kappa shape index (κ1) is 21.4. The number of nitrogens with zero attached hydrogens (tertiary/aromatic N) is 5. The lowest BCUT2D eigenvalue weighted by Gasteiger charge is -2.17. The molecule has 4 rings (SSSR count). The van der Waals surface area contributed by atoms with E-state index < -0.39 is 0 Å². The summed E-state index contributed by atoms with van der Waals surface area (Å²) in [6.07, 6.45) is 5.07.